The Morgan fingerprint density at radius 2 is 2.07 bits per heavy atom. The lowest BCUT2D eigenvalue weighted by Gasteiger charge is -2.19. The quantitative estimate of drug-likeness (QED) is 0.709. The average Bonchev–Trinajstić information content (AvgIpc) is 2.21. The molecule has 0 saturated heterocycles. The third-order valence-corrected chi connectivity index (χ3v) is 2.54. The molecule has 84 valence electrons. The largest absolute Gasteiger partial charge is 0.508 e. The number of nitrogens with two attached hydrogens (primary N) is 1. The van der Waals surface area contributed by atoms with Crippen molar-refractivity contribution in [1.29, 1.82) is 0 Å². The number of aromatic hydroxyl groups is 1. The highest BCUT2D eigenvalue weighted by atomic mass is 16.3. The van der Waals surface area contributed by atoms with Crippen LogP contribution in [0.1, 0.15) is 36.9 Å². The van der Waals surface area contributed by atoms with Gasteiger partial charge in [-0.15, -0.1) is 0 Å². The van der Waals surface area contributed by atoms with Crippen molar-refractivity contribution >= 4 is 0 Å². The fourth-order valence-corrected chi connectivity index (χ4v) is 1.62. The van der Waals surface area contributed by atoms with E-state index in [4.69, 9.17) is 5.73 Å². The Kier molecular flexibility index (Phi) is 4.12. The Labute approximate surface area is 90.5 Å². The van der Waals surface area contributed by atoms with Crippen molar-refractivity contribution in [2.75, 3.05) is 0 Å². The van der Waals surface area contributed by atoms with Crippen LogP contribution in [0.5, 0.6) is 5.75 Å². The molecule has 4 N–H and O–H groups in total. The zero-order valence-electron chi connectivity index (χ0n) is 9.27. The third kappa shape index (κ3) is 2.94. The van der Waals surface area contributed by atoms with Crippen LogP contribution in [0.25, 0.3) is 0 Å². The van der Waals surface area contributed by atoms with Crippen LogP contribution in [0.15, 0.2) is 18.2 Å². The molecule has 0 unspecified atom stereocenters. The summed E-state index contributed by atoms with van der Waals surface area (Å²) >= 11 is 0. The number of phenolic OH excluding ortho intramolecular Hbond substituents is 1. The Hall–Kier alpha value is -1.06. The molecule has 0 spiro atoms. The van der Waals surface area contributed by atoms with E-state index in [1.165, 1.54) is 0 Å². The van der Waals surface area contributed by atoms with E-state index >= 15 is 0 Å². The van der Waals surface area contributed by atoms with E-state index in [2.05, 4.69) is 0 Å². The molecule has 1 aromatic carbocycles. The van der Waals surface area contributed by atoms with Crippen molar-refractivity contribution in [2.45, 2.75) is 38.8 Å². The van der Waals surface area contributed by atoms with Gasteiger partial charge in [-0.05, 0) is 19.4 Å². The van der Waals surface area contributed by atoms with Gasteiger partial charge in [0.05, 0.1) is 12.1 Å². The number of phenols is 1. The van der Waals surface area contributed by atoms with Crippen molar-refractivity contribution in [2.24, 2.45) is 5.73 Å². The van der Waals surface area contributed by atoms with Crippen molar-refractivity contribution < 1.29 is 10.2 Å². The first-order valence-corrected chi connectivity index (χ1v) is 5.29. The molecule has 3 heteroatoms. The molecule has 0 aromatic heterocycles. The second-order valence-corrected chi connectivity index (χ2v) is 3.94. The number of aliphatic hydroxyl groups is 1. The van der Waals surface area contributed by atoms with E-state index in [-0.39, 0.29) is 5.75 Å². The molecule has 0 aliphatic heterocycles. The van der Waals surface area contributed by atoms with Crippen LogP contribution >= 0.6 is 0 Å². The number of rotatable bonds is 4. The van der Waals surface area contributed by atoms with Gasteiger partial charge in [0, 0.05) is 5.56 Å². The van der Waals surface area contributed by atoms with Gasteiger partial charge in [0.1, 0.15) is 5.75 Å². The van der Waals surface area contributed by atoms with Crippen LogP contribution in [0, 0.1) is 6.92 Å². The summed E-state index contributed by atoms with van der Waals surface area (Å²) in [4.78, 5) is 0. The Morgan fingerprint density at radius 1 is 1.40 bits per heavy atom. The lowest BCUT2D eigenvalue weighted by atomic mass is 9.97. The van der Waals surface area contributed by atoms with Gasteiger partial charge in [0.2, 0.25) is 0 Å². The van der Waals surface area contributed by atoms with Gasteiger partial charge in [0.15, 0.2) is 0 Å². The van der Waals surface area contributed by atoms with E-state index in [0.29, 0.717) is 12.0 Å². The molecule has 0 fully saturated rings. The van der Waals surface area contributed by atoms with Gasteiger partial charge in [-0.1, -0.05) is 31.0 Å². The lowest BCUT2D eigenvalue weighted by molar-refractivity contribution is 0.133. The highest BCUT2D eigenvalue weighted by Gasteiger charge is 2.18. The predicted octanol–water partition coefficient (Wildman–Crippen LogP) is 1.86. The third-order valence-electron chi connectivity index (χ3n) is 2.54. The molecule has 0 radical (unpaired) electrons. The minimum atomic E-state index is -0.595. The summed E-state index contributed by atoms with van der Waals surface area (Å²) in [6.07, 6.45) is 0.929. The van der Waals surface area contributed by atoms with Gasteiger partial charge in [0.25, 0.3) is 0 Å². The van der Waals surface area contributed by atoms with E-state index in [1.807, 2.05) is 26.0 Å². The second-order valence-electron chi connectivity index (χ2n) is 3.94. The Bertz CT molecular complexity index is 325. The average molecular weight is 209 g/mol. The highest BCUT2D eigenvalue weighted by Crippen LogP contribution is 2.27. The minimum absolute atomic E-state index is 0.156. The zero-order chi connectivity index (χ0) is 11.4. The van der Waals surface area contributed by atoms with Crippen LogP contribution in [0.4, 0.5) is 0 Å². The van der Waals surface area contributed by atoms with Gasteiger partial charge in [-0.2, -0.15) is 0 Å². The SMILES string of the molecule is CCC[C@H](O)[C@H](N)c1cc(C)ccc1O. The molecule has 15 heavy (non-hydrogen) atoms. The summed E-state index contributed by atoms with van der Waals surface area (Å²) in [5.41, 5.74) is 7.54. The molecule has 0 aliphatic rings. The summed E-state index contributed by atoms with van der Waals surface area (Å²) in [6.45, 7) is 3.92. The molecule has 0 heterocycles. The first-order valence-electron chi connectivity index (χ1n) is 5.29. The van der Waals surface area contributed by atoms with E-state index in [1.54, 1.807) is 6.07 Å². The molecular weight excluding hydrogens is 190 g/mol. The molecule has 0 bridgehead atoms. The summed E-state index contributed by atoms with van der Waals surface area (Å²) in [5, 5.41) is 19.4. The maximum atomic E-state index is 9.75. The van der Waals surface area contributed by atoms with Crippen molar-refractivity contribution in [3.63, 3.8) is 0 Å². The first-order chi connectivity index (χ1) is 7.06. The van der Waals surface area contributed by atoms with E-state index < -0.39 is 12.1 Å². The first kappa shape index (κ1) is 12.0. The smallest absolute Gasteiger partial charge is 0.120 e. The van der Waals surface area contributed by atoms with Crippen molar-refractivity contribution in [3.05, 3.63) is 29.3 Å². The topological polar surface area (TPSA) is 66.5 Å². The molecule has 0 saturated carbocycles. The highest BCUT2D eigenvalue weighted by molar-refractivity contribution is 5.38. The Balaban J connectivity index is 2.89. The van der Waals surface area contributed by atoms with E-state index in [9.17, 15) is 10.2 Å². The van der Waals surface area contributed by atoms with Gasteiger partial charge >= 0.3 is 0 Å². The lowest BCUT2D eigenvalue weighted by Crippen LogP contribution is -2.26. The number of hydrogen-bond donors (Lipinski definition) is 3. The summed E-state index contributed by atoms with van der Waals surface area (Å²) in [7, 11) is 0. The molecule has 2 atom stereocenters. The Morgan fingerprint density at radius 3 is 2.67 bits per heavy atom. The molecule has 1 aromatic rings. The van der Waals surface area contributed by atoms with Crippen LogP contribution in [0.2, 0.25) is 0 Å². The molecule has 3 nitrogen and oxygen atoms in total. The van der Waals surface area contributed by atoms with Crippen molar-refractivity contribution in [1.82, 2.24) is 0 Å². The summed E-state index contributed by atoms with van der Waals surface area (Å²) in [6, 6.07) is 4.74. The number of benzene rings is 1. The van der Waals surface area contributed by atoms with Crippen LogP contribution in [-0.2, 0) is 0 Å². The zero-order valence-corrected chi connectivity index (χ0v) is 9.27. The van der Waals surface area contributed by atoms with Gasteiger partial charge < -0.3 is 15.9 Å². The second kappa shape index (κ2) is 5.14. The summed E-state index contributed by atoms with van der Waals surface area (Å²) < 4.78 is 0. The number of aliphatic hydroxyl groups excluding tert-OH is 1. The monoisotopic (exact) mass is 209 g/mol. The van der Waals surface area contributed by atoms with Crippen LogP contribution in [-0.4, -0.2) is 16.3 Å². The molecule has 0 amide bonds. The van der Waals surface area contributed by atoms with Crippen LogP contribution in [0.3, 0.4) is 0 Å². The maximum Gasteiger partial charge on any atom is 0.120 e. The molecule has 0 aliphatic carbocycles. The number of hydrogen-bond acceptors (Lipinski definition) is 3. The molecular formula is C12H19NO2. The number of aryl methyl sites for hydroxylation is 1. The van der Waals surface area contributed by atoms with Gasteiger partial charge in [-0.25, -0.2) is 0 Å². The van der Waals surface area contributed by atoms with Gasteiger partial charge in [-0.3, -0.25) is 0 Å². The predicted molar refractivity (Wildman–Crippen MR) is 60.7 cm³/mol. The fraction of sp³-hybridized carbons (Fsp3) is 0.500. The van der Waals surface area contributed by atoms with Crippen molar-refractivity contribution in [3.8, 4) is 5.75 Å². The summed E-state index contributed by atoms with van der Waals surface area (Å²) in [5.74, 6) is 0.156. The van der Waals surface area contributed by atoms with E-state index in [0.717, 1.165) is 12.0 Å². The minimum Gasteiger partial charge on any atom is -0.508 e. The fourth-order valence-electron chi connectivity index (χ4n) is 1.62. The maximum absolute atomic E-state index is 9.75. The molecule has 1 rings (SSSR count). The van der Waals surface area contributed by atoms with Crippen LogP contribution < -0.4 is 5.73 Å². The standard InChI is InChI=1S/C12H19NO2/c1-3-4-11(15)12(13)9-7-8(2)5-6-10(9)14/h5-7,11-12,14-15H,3-4,13H2,1-2H3/t11-,12+/m0/s1. The normalized spacial score (nSPS) is 14.9.